The molecule has 0 aliphatic carbocycles. The van der Waals surface area contributed by atoms with Crippen LogP contribution in [-0.2, 0) is 4.57 Å². The van der Waals surface area contributed by atoms with Crippen molar-refractivity contribution in [2.75, 3.05) is 0 Å². The average molecular weight is 327 g/mol. The van der Waals surface area contributed by atoms with E-state index in [4.69, 9.17) is 11.6 Å². The van der Waals surface area contributed by atoms with E-state index < -0.39 is 13.3 Å². The maximum absolute atomic E-state index is 11.5. The van der Waals surface area contributed by atoms with Crippen molar-refractivity contribution >= 4 is 19.2 Å². The summed E-state index contributed by atoms with van der Waals surface area (Å²) in [4.78, 5) is 22.9. The Kier molecular flexibility index (Phi) is 9.52. The molecule has 3 nitrogen and oxygen atoms in total. The van der Waals surface area contributed by atoms with Crippen molar-refractivity contribution < 1.29 is 73.5 Å². The van der Waals surface area contributed by atoms with Crippen LogP contribution in [0.1, 0.15) is 16.8 Å². The summed E-state index contributed by atoms with van der Waals surface area (Å²) in [5, 5.41) is 0.497. The Hall–Kier alpha value is 0.880. The zero-order valence-corrected chi connectivity index (χ0v) is 17.0. The monoisotopic (exact) mass is 326 g/mol. The van der Waals surface area contributed by atoms with E-state index in [0.717, 1.165) is 0 Å². The molecule has 0 heterocycles. The molecule has 0 aliphatic heterocycles. The standard InChI is InChI=1S/C13H12ClO3P.2Na/c14-12-8-6-11(7-9-12)13(18(15,16)17)10-4-2-1-3-5-10;;/h1-9,13H,(H2,15,16,17);;/q;2*+1/p-2. The average Bonchev–Trinajstić information content (AvgIpc) is 2.32. The minimum absolute atomic E-state index is 0. The number of rotatable bonds is 3. The van der Waals surface area contributed by atoms with Crippen LogP contribution in [0.3, 0.4) is 0 Å². The maximum atomic E-state index is 11.5. The normalized spacial score (nSPS) is 11.9. The molecule has 0 aromatic heterocycles. The molecule has 0 N–H and O–H groups in total. The van der Waals surface area contributed by atoms with Crippen molar-refractivity contribution in [2.24, 2.45) is 0 Å². The summed E-state index contributed by atoms with van der Waals surface area (Å²) in [5.41, 5.74) is -0.275. The third kappa shape index (κ3) is 5.58. The predicted molar refractivity (Wildman–Crippen MR) is 67.3 cm³/mol. The van der Waals surface area contributed by atoms with Crippen LogP contribution in [-0.4, -0.2) is 0 Å². The summed E-state index contributed by atoms with van der Waals surface area (Å²) in [7, 11) is -4.78. The van der Waals surface area contributed by atoms with Crippen molar-refractivity contribution in [1.82, 2.24) is 0 Å². The van der Waals surface area contributed by atoms with Crippen LogP contribution >= 0.6 is 19.2 Å². The Labute approximate surface area is 167 Å². The second-order valence-electron chi connectivity index (χ2n) is 3.90. The van der Waals surface area contributed by atoms with Crippen molar-refractivity contribution in [3.63, 3.8) is 0 Å². The van der Waals surface area contributed by atoms with Crippen molar-refractivity contribution in [1.29, 1.82) is 0 Å². The fourth-order valence-electron chi connectivity index (χ4n) is 1.84. The van der Waals surface area contributed by atoms with E-state index in [0.29, 0.717) is 16.1 Å². The van der Waals surface area contributed by atoms with Gasteiger partial charge in [0.1, 0.15) is 0 Å². The van der Waals surface area contributed by atoms with Gasteiger partial charge in [0.25, 0.3) is 0 Å². The molecule has 2 aromatic carbocycles. The molecule has 2 aromatic rings. The molecular weight excluding hydrogens is 317 g/mol. The van der Waals surface area contributed by atoms with Gasteiger partial charge in [-0.15, -0.1) is 0 Å². The van der Waals surface area contributed by atoms with Gasteiger partial charge in [-0.2, -0.15) is 0 Å². The molecule has 2 rings (SSSR count). The van der Waals surface area contributed by atoms with Gasteiger partial charge in [0.05, 0.1) is 0 Å². The van der Waals surface area contributed by atoms with Gasteiger partial charge in [-0.25, -0.2) is 0 Å². The molecule has 1 unspecified atom stereocenters. The zero-order chi connectivity index (χ0) is 13.2. The topological polar surface area (TPSA) is 63.2 Å². The Morgan fingerprint density at radius 1 is 0.850 bits per heavy atom. The van der Waals surface area contributed by atoms with Crippen LogP contribution in [0.5, 0.6) is 0 Å². The van der Waals surface area contributed by atoms with Gasteiger partial charge in [0, 0.05) is 10.7 Å². The molecule has 0 saturated heterocycles. The van der Waals surface area contributed by atoms with Crippen molar-refractivity contribution in [2.45, 2.75) is 5.66 Å². The molecule has 0 bridgehead atoms. The molecule has 0 aliphatic rings. The van der Waals surface area contributed by atoms with Crippen LogP contribution in [0.15, 0.2) is 54.6 Å². The van der Waals surface area contributed by atoms with E-state index in [1.54, 1.807) is 54.6 Å². The summed E-state index contributed by atoms with van der Waals surface area (Å²) < 4.78 is 11.5. The summed E-state index contributed by atoms with van der Waals surface area (Å²) in [6.45, 7) is 0. The molecule has 20 heavy (non-hydrogen) atoms. The third-order valence-corrected chi connectivity index (χ3v) is 4.10. The number of halogens is 1. The molecule has 1 atom stereocenters. The SMILES string of the molecule is O=P([O-])([O-])C(c1ccccc1)c1ccc(Cl)cc1.[Na+].[Na+]. The Bertz CT molecular complexity index is 572. The minimum atomic E-state index is -4.78. The van der Waals surface area contributed by atoms with Crippen molar-refractivity contribution in [3.05, 3.63) is 70.7 Å². The summed E-state index contributed by atoms with van der Waals surface area (Å²) >= 11 is 5.75. The fourth-order valence-corrected chi connectivity index (χ4v) is 3.04. The largest absolute Gasteiger partial charge is 1.00 e. The van der Waals surface area contributed by atoms with E-state index in [1.807, 2.05) is 0 Å². The van der Waals surface area contributed by atoms with Crippen molar-refractivity contribution in [3.8, 4) is 0 Å². The van der Waals surface area contributed by atoms with Gasteiger partial charge in [-0.3, -0.25) is 0 Å². The van der Waals surface area contributed by atoms with Gasteiger partial charge in [-0.05, 0) is 23.3 Å². The van der Waals surface area contributed by atoms with Gasteiger partial charge < -0.3 is 14.4 Å². The number of hydrogen-bond acceptors (Lipinski definition) is 3. The molecule has 0 amide bonds. The second-order valence-corrected chi connectivity index (χ2v) is 5.94. The molecule has 0 saturated carbocycles. The van der Waals surface area contributed by atoms with Crippen LogP contribution in [0.2, 0.25) is 5.02 Å². The first-order chi connectivity index (χ1) is 8.48. The number of hydrogen-bond donors (Lipinski definition) is 0. The first-order valence-corrected chi connectivity index (χ1v) is 7.29. The minimum Gasteiger partial charge on any atom is -0.810 e. The fraction of sp³-hybridized carbons (Fsp3) is 0.0769. The Morgan fingerprint density at radius 3 is 1.75 bits per heavy atom. The van der Waals surface area contributed by atoms with Crippen LogP contribution in [0.25, 0.3) is 0 Å². The molecule has 7 heteroatoms. The van der Waals surface area contributed by atoms with Crippen LogP contribution in [0, 0.1) is 0 Å². The maximum Gasteiger partial charge on any atom is 1.00 e. The van der Waals surface area contributed by atoms with Gasteiger partial charge in [0.15, 0.2) is 0 Å². The quantitative estimate of drug-likeness (QED) is 0.432. The smallest absolute Gasteiger partial charge is 0.810 e. The van der Waals surface area contributed by atoms with Gasteiger partial charge in [0.2, 0.25) is 0 Å². The van der Waals surface area contributed by atoms with Crippen LogP contribution < -0.4 is 68.9 Å². The third-order valence-electron chi connectivity index (χ3n) is 2.62. The molecule has 0 radical (unpaired) electrons. The Balaban J connectivity index is 0.00000180. The van der Waals surface area contributed by atoms with Gasteiger partial charge in [-0.1, -0.05) is 61.7 Å². The molecule has 0 spiro atoms. The second kappa shape index (κ2) is 9.12. The van der Waals surface area contributed by atoms with E-state index in [9.17, 15) is 14.4 Å². The van der Waals surface area contributed by atoms with E-state index in [2.05, 4.69) is 0 Å². The summed E-state index contributed by atoms with van der Waals surface area (Å²) in [6, 6.07) is 14.7. The first-order valence-electron chi connectivity index (χ1n) is 5.30. The number of benzene rings is 2. The van der Waals surface area contributed by atoms with E-state index in [-0.39, 0.29) is 59.1 Å². The summed E-state index contributed by atoms with van der Waals surface area (Å²) in [5.74, 6) is 0. The molecular formula is C13H10ClNa2O3P. The van der Waals surface area contributed by atoms with E-state index >= 15 is 0 Å². The van der Waals surface area contributed by atoms with Gasteiger partial charge >= 0.3 is 59.1 Å². The van der Waals surface area contributed by atoms with Crippen LogP contribution in [0.4, 0.5) is 0 Å². The molecule has 94 valence electrons. The summed E-state index contributed by atoms with van der Waals surface area (Å²) in [6.07, 6.45) is 0. The Morgan fingerprint density at radius 2 is 1.30 bits per heavy atom. The zero-order valence-electron chi connectivity index (χ0n) is 11.3. The predicted octanol–water partition coefficient (Wildman–Crippen LogP) is -3.65. The molecule has 0 fully saturated rings. The first kappa shape index (κ1) is 20.9. The van der Waals surface area contributed by atoms with E-state index in [1.165, 1.54) is 0 Å².